The molecular weight excluding hydrogens is 298 g/mol. The lowest BCUT2D eigenvalue weighted by Gasteiger charge is -2.10. The number of aliphatic carboxylic acids is 1. The Labute approximate surface area is 136 Å². The fourth-order valence-corrected chi connectivity index (χ4v) is 2.25. The summed E-state index contributed by atoms with van der Waals surface area (Å²) >= 11 is 0. The quantitative estimate of drug-likeness (QED) is 0.543. The predicted molar refractivity (Wildman–Crippen MR) is 86.6 cm³/mol. The molecule has 23 heavy (non-hydrogen) atoms. The summed E-state index contributed by atoms with van der Waals surface area (Å²) in [7, 11) is 1.49. The number of aliphatic hydroxyl groups is 1. The summed E-state index contributed by atoms with van der Waals surface area (Å²) in [6.45, 7) is 0.475. The van der Waals surface area contributed by atoms with Gasteiger partial charge in [-0.15, -0.1) is 0 Å². The summed E-state index contributed by atoms with van der Waals surface area (Å²) in [6, 6.07) is 4.99. The number of hydrogen-bond donors (Lipinski definition) is 3. The summed E-state index contributed by atoms with van der Waals surface area (Å²) in [5.41, 5.74) is 1.14. The monoisotopic (exact) mass is 323 g/mol. The number of carboxylic acids is 1. The van der Waals surface area contributed by atoms with E-state index in [9.17, 15) is 9.59 Å². The van der Waals surface area contributed by atoms with E-state index in [-0.39, 0.29) is 18.9 Å². The van der Waals surface area contributed by atoms with Gasteiger partial charge in [-0.2, -0.15) is 0 Å². The molecule has 3 N–H and O–H groups in total. The number of nitrogens with one attached hydrogen (secondary N) is 1. The lowest BCUT2D eigenvalue weighted by Crippen LogP contribution is -2.25. The molecular formula is C17H25NO5. The zero-order valence-electron chi connectivity index (χ0n) is 13.5. The van der Waals surface area contributed by atoms with Crippen LogP contribution >= 0.6 is 0 Å². The second-order valence-corrected chi connectivity index (χ2v) is 5.36. The lowest BCUT2D eigenvalue weighted by atomic mass is 10.1. The second kappa shape index (κ2) is 10.6. The van der Waals surface area contributed by atoms with Crippen LogP contribution < -0.4 is 10.1 Å². The summed E-state index contributed by atoms with van der Waals surface area (Å²) in [5, 5.41) is 20.5. The zero-order chi connectivity index (χ0) is 17.1. The number of hydrogen-bond acceptors (Lipinski definition) is 4. The van der Waals surface area contributed by atoms with Crippen LogP contribution in [0.3, 0.4) is 0 Å². The van der Waals surface area contributed by atoms with E-state index in [1.807, 2.05) is 0 Å². The molecule has 6 heteroatoms. The fourth-order valence-electron chi connectivity index (χ4n) is 2.25. The van der Waals surface area contributed by atoms with Gasteiger partial charge >= 0.3 is 5.97 Å². The smallest absolute Gasteiger partial charge is 0.303 e. The van der Waals surface area contributed by atoms with E-state index in [4.69, 9.17) is 14.9 Å². The average molecular weight is 323 g/mol. The van der Waals surface area contributed by atoms with Crippen LogP contribution in [0.2, 0.25) is 0 Å². The molecule has 0 spiro atoms. The molecule has 0 aliphatic rings. The zero-order valence-corrected chi connectivity index (χ0v) is 13.5. The van der Waals surface area contributed by atoms with E-state index < -0.39 is 5.97 Å². The topological polar surface area (TPSA) is 95.9 Å². The summed E-state index contributed by atoms with van der Waals surface area (Å²) < 4.78 is 5.18. The Morgan fingerprint density at radius 1 is 1.13 bits per heavy atom. The molecule has 128 valence electrons. The first kappa shape index (κ1) is 19.0. The lowest BCUT2D eigenvalue weighted by molar-refractivity contribution is -0.137. The Morgan fingerprint density at radius 3 is 2.48 bits per heavy atom. The van der Waals surface area contributed by atoms with E-state index in [1.165, 1.54) is 7.11 Å². The van der Waals surface area contributed by atoms with Gasteiger partial charge in [-0.3, -0.25) is 9.59 Å². The number of methoxy groups -OCH3 is 1. The number of aliphatic hydroxyl groups excluding tert-OH is 1. The molecule has 0 aliphatic carbocycles. The normalized spacial score (nSPS) is 10.3. The van der Waals surface area contributed by atoms with Gasteiger partial charge < -0.3 is 20.3 Å². The molecule has 0 heterocycles. The van der Waals surface area contributed by atoms with Gasteiger partial charge in [-0.25, -0.2) is 0 Å². The van der Waals surface area contributed by atoms with Crippen molar-refractivity contribution in [2.75, 3.05) is 13.7 Å². The van der Waals surface area contributed by atoms with Crippen LogP contribution in [0.1, 0.15) is 54.4 Å². The van der Waals surface area contributed by atoms with Gasteiger partial charge in [0.1, 0.15) is 5.75 Å². The van der Waals surface area contributed by atoms with Crippen molar-refractivity contribution >= 4 is 11.9 Å². The number of rotatable bonds is 11. The molecule has 0 aromatic heterocycles. The standard InChI is InChI=1S/C17H25NO5/c1-23-15-11-13(12-19)8-9-14(15)17(22)18-10-6-4-2-3-5-7-16(20)21/h8-9,11,19H,2-7,10,12H2,1H3,(H,18,22)(H,20,21). The number of carbonyl (C=O) groups excluding carboxylic acids is 1. The minimum absolute atomic E-state index is 0.0971. The molecule has 1 rings (SSSR count). The average Bonchev–Trinajstić information content (AvgIpc) is 2.56. The summed E-state index contributed by atoms with van der Waals surface area (Å²) in [5.74, 6) is -0.502. The molecule has 0 radical (unpaired) electrons. The van der Waals surface area contributed by atoms with Gasteiger partial charge in [0.15, 0.2) is 0 Å². The van der Waals surface area contributed by atoms with E-state index >= 15 is 0 Å². The molecule has 0 bridgehead atoms. The van der Waals surface area contributed by atoms with Crippen LogP contribution in [-0.2, 0) is 11.4 Å². The second-order valence-electron chi connectivity index (χ2n) is 5.36. The van der Waals surface area contributed by atoms with Crippen molar-refractivity contribution in [2.24, 2.45) is 0 Å². The van der Waals surface area contributed by atoms with Crippen LogP contribution in [0.4, 0.5) is 0 Å². The van der Waals surface area contributed by atoms with Gasteiger partial charge in [0.05, 0.1) is 19.3 Å². The molecule has 6 nitrogen and oxygen atoms in total. The van der Waals surface area contributed by atoms with Crippen LogP contribution in [0.15, 0.2) is 18.2 Å². The van der Waals surface area contributed by atoms with E-state index in [0.29, 0.717) is 29.8 Å². The SMILES string of the molecule is COc1cc(CO)ccc1C(=O)NCCCCCCCC(=O)O. The molecule has 0 saturated heterocycles. The van der Waals surface area contributed by atoms with Gasteiger partial charge in [0, 0.05) is 13.0 Å². The number of carboxylic acid groups (broad SMARTS) is 1. The summed E-state index contributed by atoms with van der Waals surface area (Å²) in [6.07, 6.45) is 4.61. The molecule has 0 aliphatic heterocycles. The Balaban J connectivity index is 2.28. The van der Waals surface area contributed by atoms with Crippen LogP contribution in [0, 0.1) is 0 Å². The highest BCUT2D eigenvalue weighted by molar-refractivity contribution is 5.97. The van der Waals surface area contributed by atoms with Crippen molar-refractivity contribution in [3.05, 3.63) is 29.3 Å². The first-order valence-electron chi connectivity index (χ1n) is 7.86. The highest BCUT2D eigenvalue weighted by atomic mass is 16.5. The predicted octanol–water partition coefficient (Wildman–Crippen LogP) is 2.34. The third kappa shape index (κ3) is 7.15. The van der Waals surface area contributed by atoms with Crippen molar-refractivity contribution in [1.29, 1.82) is 0 Å². The number of unbranched alkanes of at least 4 members (excludes halogenated alkanes) is 4. The molecule has 0 unspecified atom stereocenters. The van der Waals surface area contributed by atoms with Gasteiger partial charge in [0.25, 0.3) is 5.91 Å². The molecule has 1 aromatic rings. The molecule has 1 amide bonds. The first-order chi connectivity index (χ1) is 11.1. The highest BCUT2D eigenvalue weighted by Crippen LogP contribution is 2.20. The molecule has 0 atom stereocenters. The minimum Gasteiger partial charge on any atom is -0.496 e. The van der Waals surface area contributed by atoms with Gasteiger partial charge in [-0.1, -0.05) is 25.3 Å². The fraction of sp³-hybridized carbons (Fsp3) is 0.529. The third-order valence-corrected chi connectivity index (χ3v) is 3.55. The van der Waals surface area contributed by atoms with Gasteiger partial charge in [0.2, 0.25) is 0 Å². The van der Waals surface area contributed by atoms with Crippen molar-refractivity contribution in [2.45, 2.75) is 45.1 Å². The molecule has 0 saturated carbocycles. The Kier molecular flexibility index (Phi) is 8.75. The number of amides is 1. The Hall–Kier alpha value is -2.08. The maximum Gasteiger partial charge on any atom is 0.303 e. The first-order valence-corrected chi connectivity index (χ1v) is 7.86. The van der Waals surface area contributed by atoms with Crippen LogP contribution in [0.25, 0.3) is 0 Å². The van der Waals surface area contributed by atoms with Crippen LogP contribution in [0.5, 0.6) is 5.75 Å². The number of carbonyl (C=O) groups is 2. The van der Waals surface area contributed by atoms with E-state index in [2.05, 4.69) is 5.32 Å². The van der Waals surface area contributed by atoms with E-state index in [0.717, 1.165) is 25.7 Å². The largest absolute Gasteiger partial charge is 0.496 e. The third-order valence-electron chi connectivity index (χ3n) is 3.55. The maximum absolute atomic E-state index is 12.1. The van der Waals surface area contributed by atoms with E-state index in [1.54, 1.807) is 18.2 Å². The van der Waals surface area contributed by atoms with Crippen molar-refractivity contribution in [1.82, 2.24) is 5.32 Å². The maximum atomic E-state index is 12.1. The minimum atomic E-state index is -0.751. The number of benzene rings is 1. The Morgan fingerprint density at radius 2 is 1.83 bits per heavy atom. The molecule has 0 fully saturated rings. The Bertz CT molecular complexity index is 516. The summed E-state index contributed by atoms with van der Waals surface area (Å²) in [4.78, 5) is 22.5. The number of ether oxygens (including phenoxy) is 1. The van der Waals surface area contributed by atoms with Crippen molar-refractivity contribution < 1.29 is 24.5 Å². The molecule has 1 aromatic carbocycles. The van der Waals surface area contributed by atoms with Crippen LogP contribution in [-0.4, -0.2) is 35.7 Å². The van der Waals surface area contributed by atoms with Gasteiger partial charge in [-0.05, 0) is 30.5 Å². The van der Waals surface area contributed by atoms with Crippen molar-refractivity contribution in [3.8, 4) is 5.75 Å². The highest BCUT2D eigenvalue weighted by Gasteiger charge is 2.12. The van der Waals surface area contributed by atoms with Crippen molar-refractivity contribution in [3.63, 3.8) is 0 Å².